The van der Waals surface area contributed by atoms with Gasteiger partial charge < -0.3 is 9.67 Å². The number of rotatable bonds is 5. The molecule has 3 atom stereocenters. The number of aliphatic hydroxyl groups is 1. The SMILES string of the molecule is C[C@H]1C[C@@H](CC(=O)c2ccc(C3CC3)cc2)Cc2cnc(C(C)(O)C(F)(F)F)n21. The number of alkyl halides is 3. The average molecular weight is 406 g/mol. The van der Waals surface area contributed by atoms with Crippen LogP contribution in [-0.2, 0) is 12.0 Å². The monoisotopic (exact) mass is 406 g/mol. The summed E-state index contributed by atoms with van der Waals surface area (Å²) in [5.41, 5.74) is -0.418. The molecule has 0 amide bonds. The summed E-state index contributed by atoms with van der Waals surface area (Å²) in [6.45, 7) is 2.54. The van der Waals surface area contributed by atoms with E-state index in [4.69, 9.17) is 0 Å². The molecule has 2 heterocycles. The van der Waals surface area contributed by atoms with Crippen LogP contribution in [0.5, 0.6) is 0 Å². The second-order valence-electron chi connectivity index (χ2n) is 8.69. The minimum atomic E-state index is -4.81. The fraction of sp³-hybridized carbons (Fsp3) is 0.545. The molecule has 1 unspecified atom stereocenters. The normalized spacial score (nSPS) is 24.1. The van der Waals surface area contributed by atoms with Gasteiger partial charge in [-0.15, -0.1) is 0 Å². The summed E-state index contributed by atoms with van der Waals surface area (Å²) < 4.78 is 41.3. The number of Topliss-reactive ketones (excluding diaryl/α,β-unsaturated/α-hetero) is 1. The highest BCUT2D eigenvalue weighted by atomic mass is 19.4. The van der Waals surface area contributed by atoms with Gasteiger partial charge in [0.2, 0.25) is 5.60 Å². The fourth-order valence-electron chi connectivity index (χ4n) is 4.39. The molecule has 0 radical (unpaired) electrons. The third-order valence-electron chi connectivity index (χ3n) is 6.23. The number of nitrogens with zero attached hydrogens (tertiary/aromatic N) is 2. The maximum Gasteiger partial charge on any atom is 0.424 e. The molecule has 0 bridgehead atoms. The smallest absolute Gasteiger partial charge is 0.374 e. The number of hydrogen-bond donors (Lipinski definition) is 1. The van der Waals surface area contributed by atoms with Gasteiger partial charge in [-0.2, -0.15) is 13.2 Å². The van der Waals surface area contributed by atoms with E-state index in [9.17, 15) is 23.1 Å². The molecule has 2 aromatic rings. The summed E-state index contributed by atoms with van der Waals surface area (Å²) in [5, 5.41) is 10.0. The lowest BCUT2D eigenvalue weighted by molar-refractivity contribution is -0.263. The van der Waals surface area contributed by atoms with Crippen LogP contribution < -0.4 is 0 Å². The van der Waals surface area contributed by atoms with Gasteiger partial charge in [0.25, 0.3) is 0 Å². The number of carbonyl (C=O) groups is 1. The van der Waals surface area contributed by atoms with Crippen molar-refractivity contribution in [2.24, 2.45) is 5.92 Å². The van der Waals surface area contributed by atoms with Gasteiger partial charge in [-0.25, -0.2) is 4.98 Å². The molecule has 2 aliphatic rings. The molecule has 0 saturated heterocycles. The quantitative estimate of drug-likeness (QED) is 0.717. The average Bonchev–Trinajstić information content (AvgIpc) is 3.40. The minimum Gasteiger partial charge on any atom is -0.374 e. The van der Waals surface area contributed by atoms with E-state index in [1.807, 2.05) is 31.2 Å². The van der Waals surface area contributed by atoms with Crippen molar-refractivity contribution in [2.45, 2.75) is 69.7 Å². The second kappa shape index (κ2) is 6.97. The van der Waals surface area contributed by atoms with Gasteiger partial charge in [0, 0.05) is 29.9 Å². The molecule has 156 valence electrons. The van der Waals surface area contributed by atoms with Crippen molar-refractivity contribution in [3.63, 3.8) is 0 Å². The summed E-state index contributed by atoms with van der Waals surface area (Å²) in [5.74, 6) is 0.350. The Labute approximate surface area is 167 Å². The first-order valence-electron chi connectivity index (χ1n) is 10.1. The lowest BCUT2D eigenvalue weighted by Crippen LogP contribution is -2.43. The van der Waals surface area contributed by atoms with Crippen molar-refractivity contribution < 1.29 is 23.1 Å². The highest BCUT2D eigenvalue weighted by Gasteiger charge is 2.54. The van der Waals surface area contributed by atoms with Crippen LogP contribution in [0.15, 0.2) is 30.5 Å². The highest BCUT2D eigenvalue weighted by Crippen LogP contribution is 2.42. The maximum absolute atomic E-state index is 13.3. The van der Waals surface area contributed by atoms with Gasteiger partial charge >= 0.3 is 6.18 Å². The zero-order valence-corrected chi connectivity index (χ0v) is 16.5. The van der Waals surface area contributed by atoms with E-state index in [2.05, 4.69) is 4.98 Å². The van der Waals surface area contributed by atoms with E-state index >= 15 is 0 Å². The molecule has 7 heteroatoms. The molecule has 1 saturated carbocycles. The Balaban J connectivity index is 1.48. The van der Waals surface area contributed by atoms with Crippen LogP contribution in [0, 0.1) is 5.92 Å². The number of imidazole rings is 1. The number of hydrogen-bond acceptors (Lipinski definition) is 3. The van der Waals surface area contributed by atoms with Crippen molar-refractivity contribution >= 4 is 5.78 Å². The zero-order valence-electron chi connectivity index (χ0n) is 16.5. The lowest BCUT2D eigenvalue weighted by Gasteiger charge is -2.34. The molecule has 1 fully saturated rings. The van der Waals surface area contributed by atoms with Crippen molar-refractivity contribution in [1.82, 2.24) is 9.55 Å². The topological polar surface area (TPSA) is 55.1 Å². The molecule has 1 aliphatic carbocycles. The van der Waals surface area contributed by atoms with Crippen LogP contribution in [0.2, 0.25) is 0 Å². The first kappa shape index (κ1) is 20.1. The van der Waals surface area contributed by atoms with Crippen molar-refractivity contribution in [3.8, 4) is 0 Å². The molecule has 4 nitrogen and oxygen atoms in total. The Morgan fingerprint density at radius 3 is 2.48 bits per heavy atom. The van der Waals surface area contributed by atoms with Crippen LogP contribution in [0.1, 0.15) is 78.9 Å². The highest BCUT2D eigenvalue weighted by molar-refractivity contribution is 5.96. The van der Waals surface area contributed by atoms with E-state index in [1.54, 1.807) is 0 Å². The molecule has 1 aromatic heterocycles. The molecular weight excluding hydrogens is 381 g/mol. The Morgan fingerprint density at radius 2 is 1.90 bits per heavy atom. The Kier molecular flexibility index (Phi) is 4.84. The van der Waals surface area contributed by atoms with E-state index in [0.29, 0.717) is 36.4 Å². The standard InChI is InChI=1S/C22H25F3N2O2/c1-13-9-14(11-19(28)17-7-5-16(6-8-17)15-3-4-15)10-18-12-26-20(27(13)18)21(2,29)22(23,24)25/h5-8,12-15,29H,3-4,9-11H2,1-2H3/t13-,14+,21?/m0/s1. The Hall–Kier alpha value is -2.15. The Morgan fingerprint density at radius 1 is 1.24 bits per heavy atom. The molecular formula is C22H25F3N2O2. The van der Waals surface area contributed by atoms with Gasteiger partial charge in [-0.05, 0) is 56.9 Å². The van der Waals surface area contributed by atoms with Crippen LogP contribution in [0.25, 0.3) is 0 Å². The van der Waals surface area contributed by atoms with Crippen molar-refractivity contribution in [2.75, 3.05) is 0 Å². The third kappa shape index (κ3) is 3.72. The van der Waals surface area contributed by atoms with Crippen molar-refractivity contribution in [1.29, 1.82) is 0 Å². The third-order valence-corrected chi connectivity index (χ3v) is 6.23. The number of carbonyl (C=O) groups excluding carboxylic acids is 1. The van der Waals surface area contributed by atoms with Crippen LogP contribution in [-0.4, -0.2) is 26.6 Å². The predicted molar refractivity (Wildman–Crippen MR) is 102 cm³/mol. The fourth-order valence-corrected chi connectivity index (χ4v) is 4.39. The summed E-state index contributed by atoms with van der Waals surface area (Å²) in [4.78, 5) is 16.6. The summed E-state index contributed by atoms with van der Waals surface area (Å²) >= 11 is 0. The minimum absolute atomic E-state index is 0.0356. The molecule has 4 rings (SSSR count). The number of fused-ring (bicyclic) bond motifs is 1. The van der Waals surface area contributed by atoms with E-state index in [0.717, 1.165) is 6.92 Å². The summed E-state index contributed by atoms with van der Waals surface area (Å²) in [6.07, 6.45) is 0.395. The van der Waals surface area contributed by atoms with Gasteiger partial charge in [0.1, 0.15) is 0 Å². The first-order valence-corrected chi connectivity index (χ1v) is 10.1. The summed E-state index contributed by atoms with van der Waals surface area (Å²) in [7, 11) is 0. The zero-order chi connectivity index (χ0) is 21.0. The molecule has 29 heavy (non-hydrogen) atoms. The lowest BCUT2D eigenvalue weighted by atomic mass is 9.86. The van der Waals surface area contributed by atoms with E-state index in [-0.39, 0.29) is 23.6 Å². The maximum atomic E-state index is 13.3. The van der Waals surface area contributed by atoms with Crippen LogP contribution in [0.4, 0.5) is 13.2 Å². The predicted octanol–water partition coefficient (Wildman–Crippen LogP) is 4.93. The van der Waals surface area contributed by atoms with E-state index < -0.39 is 11.8 Å². The van der Waals surface area contributed by atoms with Crippen LogP contribution >= 0.6 is 0 Å². The van der Waals surface area contributed by atoms with E-state index in [1.165, 1.54) is 29.2 Å². The second-order valence-corrected chi connectivity index (χ2v) is 8.69. The molecule has 1 aromatic carbocycles. The van der Waals surface area contributed by atoms with Gasteiger partial charge in [0.15, 0.2) is 11.6 Å². The Bertz CT molecular complexity index is 911. The molecule has 1 N–H and O–H groups in total. The summed E-state index contributed by atoms with van der Waals surface area (Å²) in [6, 6.07) is 7.53. The number of halogens is 3. The number of aromatic nitrogens is 2. The number of benzene rings is 1. The first-order chi connectivity index (χ1) is 13.6. The molecule has 0 spiro atoms. The number of ketones is 1. The molecule has 1 aliphatic heterocycles. The van der Waals surface area contributed by atoms with Crippen LogP contribution in [0.3, 0.4) is 0 Å². The largest absolute Gasteiger partial charge is 0.424 e. The van der Waals surface area contributed by atoms with Gasteiger partial charge in [-0.1, -0.05) is 24.3 Å². The van der Waals surface area contributed by atoms with Gasteiger partial charge in [-0.3, -0.25) is 4.79 Å². The van der Waals surface area contributed by atoms with Crippen molar-refractivity contribution in [3.05, 3.63) is 53.1 Å². The van der Waals surface area contributed by atoms with Gasteiger partial charge in [0.05, 0.1) is 0 Å².